The van der Waals surface area contributed by atoms with Crippen molar-refractivity contribution in [2.45, 2.75) is 6.18 Å². The molecule has 0 unspecified atom stereocenters. The van der Waals surface area contributed by atoms with Gasteiger partial charge in [-0.05, 0) is 47.5 Å². The molecule has 2 aromatic heterocycles. The van der Waals surface area contributed by atoms with Gasteiger partial charge in [0, 0.05) is 11.6 Å². The summed E-state index contributed by atoms with van der Waals surface area (Å²) in [5.74, 6) is 0.566. The topological polar surface area (TPSA) is 61.5 Å². The lowest BCUT2D eigenvalue weighted by Gasteiger charge is -2.15. The third-order valence-electron chi connectivity index (χ3n) is 4.10. The van der Waals surface area contributed by atoms with Gasteiger partial charge in [0.2, 0.25) is 11.2 Å². The fourth-order valence-electron chi connectivity index (χ4n) is 2.73. The van der Waals surface area contributed by atoms with Gasteiger partial charge in [0.05, 0.1) is 12.7 Å². The number of nitrogens with zero attached hydrogens (tertiary/aromatic N) is 4. The van der Waals surface area contributed by atoms with Gasteiger partial charge in [0.25, 0.3) is 0 Å². The van der Waals surface area contributed by atoms with Gasteiger partial charge >= 0.3 is 6.18 Å². The number of ether oxygens (including phenoxy) is 2. The Hall–Kier alpha value is -3.33. The van der Waals surface area contributed by atoms with Crippen LogP contribution in [0.5, 0.6) is 17.4 Å². The summed E-state index contributed by atoms with van der Waals surface area (Å²) >= 11 is 5.90. The maximum atomic E-state index is 13.2. The van der Waals surface area contributed by atoms with E-state index in [4.69, 9.17) is 21.1 Å². The third kappa shape index (κ3) is 3.81. The minimum Gasteiger partial charge on any atom is -0.497 e. The molecule has 0 saturated carbocycles. The molecule has 2 heterocycles. The SMILES string of the molecule is COc1cccc(-c2ccc(C(F)(F)F)cc2Oc2ccc3nnc(Cl)n3n2)c1. The quantitative estimate of drug-likeness (QED) is 0.450. The van der Waals surface area contributed by atoms with Crippen molar-refractivity contribution in [2.75, 3.05) is 7.11 Å². The minimum atomic E-state index is -4.53. The van der Waals surface area contributed by atoms with E-state index < -0.39 is 11.7 Å². The van der Waals surface area contributed by atoms with Gasteiger partial charge in [-0.1, -0.05) is 18.2 Å². The molecule has 0 atom stereocenters. The second-order valence-electron chi connectivity index (χ2n) is 5.95. The van der Waals surface area contributed by atoms with Crippen LogP contribution in [-0.4, -0.2) is 26.9 Å². The molecular weight excluding hydrogens is 409 g/mol. The van der Waals surface area contributed by atoms with Crippen LogP contribution in [0.3, 0.4) is 0 Å². The average molecular weight is 421 g/mol. The highest BCUT2D eigenvalue weighted by Crippen LogP contribution is 2.39. The summed E-state index contributed by atoms with van der Waals surface area (Å²) in [5.41, 5.74) is 0.590. The maximum absolute atomic E-state index is 13.2. The van der Waals surface area contributed by atoms with Gasteiger partial charge in [-0.2, -0.15) is 17.7 Å². The summed E-state index contributed by atoms with van der Waals surface area (Å²) < 4.78 is 51.9. The molecular formula is C19H12ClF3N4O2. The van der Waals surface area contributed by atoms with Crippen molar-refractivity contribution >= 4 is 17.2 Å². The van der Waals surface area contributed by atoms with E-state index in [0.29, 0.717) is 22.5 Å². The zero-order chi connectivity index (χ0) is 20.6. The first kappa shape index (κ1) is 19.0. The number of hydrogen-bond donors (Lipinski definition) is 0. The average Bonchev–Trinajstić information content (AvgIpc) is 3.08. The van der Waals surface area contributed by atoms with E-state index in [1.807, 2.05) is 0 Å². The molecule has 0 amide bonds. The smallest absolute Gasteiger partial charge is 0.416 e. The molecule has 6 nitrogen and oxygen atoms in total. The van der Waals surface area contributed by atoms with Crippen LogP contribution in [0.15, 0.2) is 54.6 Å². The lowest BCUT2D eigenvalue weighted by atomic mass is 10.0. The fourth-order valence-corrected chi connectivity index (χ4v) is 2.89. The summed E-state index contributed by atoms with van der Waals surface area (Å²) in [6.07, 6.45) is -4.53. The molecule has 0 saturated heterocycles. The highest BCUT2D eigenvalue weighted by atomic mass is 35.5. The van der Waals surface area contributed by atoms with Gasteiger partial charge < -0.3 is 9.47 Å². The summed E-state index contributed by atoms with van der Waals surface area (Å²) in [6.45, 7) is 0. The van der Waals surface area contributed by atoms with Gasteiger partial charge in [0.1, 0.15) is 11.5 Å². The first-order valence-electron chi connectivity index (χ1n) is 8.26. The zero-order valence-corrected chi connectivity index (χ0v) is 15.6. The highest BCUT2D eigenvalue weighted by Gasteiger charge is 2.31. The second-order valence-corrected chi connectivity index (χ2v) is 6.29. The summed E-state index contributed by atoms with van der Waals surface area (Å²) in [7, 11) is 1.51. The number of rotatable bonds is 4. The molecule has 0 spiro atoms. The van der Waals surface area contributed by atoms with Crippen LogP contribution in [0.2, 0.25) is 5.28 Å². The highest BCUT2D eigenvalue weighted by molar-refractivity contribution is 6.28. The van der Waals surface area contributed by atoms with Gasteiger partial charge in [0.15, 0.2) is 5.65 Å². The van der Waals surface area contributed by atoms with E-state index in [2.05, 4.69) is 15.3 Å². The molecule has 2 aromatic carbocycles. The molecule has 0 aliphatic rings. The number of methoxy groups -OCH3 is 1. The van der Waals surface area contributed by atoms with Crippen molar-refractivity contribution < 1.29 is 22.6 Å². The van der Waals surface area contributed by atoms with Crippen molar-refractivity contribution in [3.8, 4) is 28.5 Å². The Kier molecular flexibility index (Phi) is 4.75. The Balaban J connectivity index is 1.82. The van der Waals surface area contributed by atoms with Gasteiger partial charge in [-0.15, -0.1) is 15.3 Å². The van der Waals surface area contributed by atoms with Crippen molar-refractivity contribution in [3.05, 3.63) is 65.4 Å². The predicted molar refractivity (Wildman–Crippen MR) is 99.3 cm³/mol. The number of fused-ring (bicyclic) bond motifs is 1. The molecule has 0 bridgehead atoms. The van der Waals surface area contributed by atoms with Crippen molar-refractivity contribution in [2.24, 2.45) is 0 Å². The van der Waals surface area contributed by atoms with E-state index in [9.17, 15) is 13.2 Å². The second kappa shape index (κ2) is 7.25. The summed E-state index contributed by atoms with van der Waals surface area (Å²) in [6, 6.07) is 13.2. The Morgan fingerprint density at radius 2 is 1.83 bits per heavy atom. The monoisotopic (exact) mass is 420 g/mol. The van der Waals surface area contributed by atoms with Crippen LogP contribution in [0, 0.1) is 0 Å². The van der Waals surface area contributed by atoms with Gasteiger partial charge in [-0.3, -0.25) is 0 Å². The van der Waals surface area contributed by atoms with E-state index in [1.54, 1.807) is 30.3 Å². The molecule has 4 aromatic rings. The van der Waals surface area contributed by atoms with Crippen LogP contribution < -0.4 is 9.47 Å². The van der Waals surface area contributed by atoms with Crippen LogP contribution in [0.4, 0.5) is 13.2 Å². The summed E-state index contributed by atoms with van der Waals surface area (Å²) in [4.78, 5) is 0. The Morgan fingerprint density at radius 3 is 2.59 bits per heavy atom. The molecule has 0 radical (unpaired) electrons. The van der Waals surface area contributed by atoms with Crippen LogP contribution in [-0.2, 0) is 6.18 Å². The molecule has 4 rings (SSSR count). The molecule has 10 heteroatoms. The fraction of sp³-hybridized carbons (Fsp3) is 0.105. The van der Waals surface area contributed by atoms with Crippen LogP contribution in [0.1, 0.15) is 5.56 Å². The van der Waals surface area contributed by atoms with Gasteiger partial charge in [-0.25, -0.2) is 0 Å². The van der Waals surface area contributed by atoms with Crippen molar-refractivity contribution in [1.29, 1.82) is 0 Å². The Morgan fingerprint density at radius 1 is 1.00 bits per heavy atom. The lowest BCUT2D eigenvalue weighted by molar-refractivity contribution is -0.137. The molecule has 0 aliphatic carbocycles. The largest absolute Gasteiger partial charge is 0.497 e. The number of alkyl halides is 3. The van der Waals surface area contributed by atoms with E-state index in [0.717, 1.165) is 12.1 Å². The minimum absolute atomic E-state index is 0.00233. The normalized spacial score (nSPS) is 11.6. The molecule has 0 N–H and O–H groups in total. The zero-order valence-electron chi connectivity index (χ0n) is 14.8. The third-order valence-corrected chi connectivity index (χ3v) is 4.34. The molecule has 148 valence electrons. The molecule has 0 aliphatic heterocycles. The molecule has 0 fully saturated rings. The number of aromatic nitrogens is 4. The first-order chi connectivity index (χ1) is 13.8. The van der Waals surface area contributed by atoms with Crippen LogP contribution >= 0.6 is 11.6 Å². The van der Waals surface area contributed by atoms with Crippen molar-refractivity contribution in [3.63, 3.8) is 0 Å². The Labute approximate surface area is 167 Å². The first-order valence-corrected chi connectivity index (χ1v) is 8.64. The molecule has 29 heavy (non-hydrogen) atoms. The lowest BCUT2D eigenvalue weighted by Crippen LogP contribution is -2.05. The van der Waals surface area contributed by atoms with E-state index in [-0.39, 0.29) is 16.9 Å². The predicted octanol–water partition coefficient (Wildman–Crippen LogP) is 5.26. The van der Waals surface area contributed by atoms with Crippen LogP contribution in [0.25, 0.3) is 16.8 Å². The number of hydrogen-bond acceptors (Lipinski definition) is 5. The number of halogens is 4. The summed E-state index contributed by atoms with van der Waals surface area (Å²) in [5, 5.41) is 11.6. The maximum Gasteiger partial charge on any atom is 0.416 e. The standard InChI is InChI=1S/C19H12ClF3N4O2/c1-28-13-4-2-3-11(9-13)14-6-5-12(19(21,22)23)10-15(14)29-17-8-7-16-24-25-18(20)27(16)26-17/h2-10H,1H3. The Bertz CT molecular complexity index is 1190. The van der Waals surface area contributed by atoms with E-state index >= 15 is 0 Å². The van der Waals surface area contributed by atoms with Crippen molar-refractivity contribution in [1.82, 2.24) is 19.8 Å². The number of benzene rings is 2. The van der Waals surface area contributed by atoms with E-state index in [1.165, 1.54) is 23.8 Å².